The minimum Gasteiger partial charge on any atom is -0.493 e. The normalized spacial score (nSPS) is 10.2. The number of nitrogens with one attached hydrogen (secondary N) is 1. The zero-order valence-corrected chi connectivity index (χ0v) is 14.1. The summed E-state index contributed by atoms with van der Waals surface area (Å²) in [5.74, 6) is 1.40. The third kappa shape index (κ3) is 5.13. The lowest BCUT2D eigenvalue weighted by Gasteiger charge is -2.09. The van der Waals surface area contributed by atoms with Crippen molar-refractivity contribution in [3.8, 4) is 11.8 Å². The minimum absolute atomic E-state index is 0.0820. The predicted molar refractivity (Wildman–Crippen MR) is 91.7 cm³/mol. The number of ether oxygens (including phenoxy) is 1. The van der Waals surface area contributed by atoms with Crippen LogP contribution < -0.4 is 10.1 Å². The van der Waals surface area contributed by atoms with Crippen LogP contribution in [0.3, 0.4) is 0 Å². The molecule has 2 rings (SSSR count). The number of carbonyl (C=O) groups is 1. The van der Waals surface area contributed by atoms with Gasteiger partial charge in [0.25, 0.3) is 0 Å². The molecule has 0 saturated heterocycles. The van der Waals surface area contributed by atoms with E-state index in [2.05, 4.69) is 16.5 Å². The molecule has 1 N–H and O–H groups in total. The maximum atomic E-state index is 12.1. The van der Waals surface area contributed by atoms with Crippen molar-refractivity contribution in [1.29, 1.82) is 5.26 Å². The first-order chi connectivity index (χ1) is 11.6. The molecule has 0 unspecified atom stereocenters. The number of carbonyl (C=O) groups excluding carboxylic acids is 1. The van der Waals surface area contributed by atoms with Crippen molar-refractivity contribution in [1.82, 2.24) is 9.78 Å². The van der Waals surface area contributed by atoms with Crippen LogP contribution in [0.5, 0.6) is 5.75 Å². The topological polar surface area (TPSA) is 79.9 Å². The molecule has 1 amide bonds. The highest BCUT2D eigenvalue weighted by atomic mass is 16.5. The molecule has 0 radical (unpaired) electrons. The van der Waals surface area contributed by atoms with E-state index in [9.17, 15) is 4.79 Å². The second-order valence-corrected chi connectivity index (χ2v) is 5.57. The fourth-order valence-electron chi connectivity index (χ4n) is 2.31. The van der Waals surface area contributed by atoms with Gasteiger partial charge in [-0.25, -0.2) is 4.68 Å². The van der Waals surface area contributed by atoms with Gasteiger partial charge in [-0.1, -0.05) is 18.2 Å². The van der Waals surface area contributed by atoms with Crippen LogP contribution in [0.15, 0.2) is 30.3 Å². The quantitative estimate of drug-likeness (QED) is 0.755. The van der Waals surface area contributed by atoms with Crippen molar-refractivity contribution in [2.24, 2.45) is 0 Å². The molecule has 0 spiro atoms. The van der Waals surface area contributed by atoms with Crippen LogP contribution in [0.2, 0.25) is 0 Å². The van der Waals surface area contributed by atoms with Gasteiger partial charge in [-0.15, -0.1) is 0 Å². The fourth-order valence-corrected chi connectivity index (χ4v) is 2.31. The third-order valence-electron chi connectivity index (χ3n) is 3.50. The summed E-state index contributed by atoms with van der Waals surface area (Å²) in [6, 6.07) is 11.7. The van der Waals surface area contributed by atoms with E-state index in [0.29, 0.717) is 38.2 Å². The van der Waals surface area contributed by atoms with Crippen LogP contribution >= 0.6 is 0 Å². The number of hydrogen-bond donors (Lipinski definition) is 1. The monoisotopic (exact) mass is 326 g/mol. The summed E-state index contributed by atoms with van der Waals surface area (Å²) < 4.78 is 7.34. The first kappa shape index (κ1) is 17.5. The van der Waals surface area contributed by atoms with Crippen LogP contribution in [0.1, 0.15) is 30.5 Å². The second kappa shape index (κ2) is 8.73. The molecule has 126 valence electrons. The largest absolute Gasteiger partial charge is 0.493 e. The number of aromatic nitrogens is 2. The summed E-state index contributed by atoms with van der Waals surface area (Å²) >= 11 is 0. The van der Waals surface area contributed by atoms with E-state index in [-0.39, 0.29) is 5.91 Å². The zero-order valence-electron chi connectivity index (χ0n) is 14.1. The molecule has 0 aliphatic heterocycles. The van der Waals surface area contributed by atoms with Crippen molar-refractivity contribution in [3.63, 3.8) is 0 Å². The molecule has 1 aromatic carbocycles. The summed E-state index contributed by atoms with van der Waals surface area (Å²) in [5.41, 5.74) is 1.89. The molecule has 2 aromatic rings. The molecular weight excluding hydrogens is 304 g/mol. The highest BCUT2D eigenvalue weighted by Gasteiger charge is 2.09. The summed E-state index contributed by atoms with van der Waals surface area (Å²) in [5, 5.41) is 15.8. The number of para-hydroxylation sites is 1. The van der Waals surface area contributed by atoms with Crippen molar-refractivity contribution < 1.29 is 9.53 Å². The van der Waals surface area contributed by atoms with E-state index in [1.54, 1.807) is 10.7 Å². The van der Waals surface area contributed by atoms with E-state index in [0.717, 1.165) is 17.0 Å². The Bertz CT molecular complexity index is 731. The lowest BCUT2D eigenvalue weighted by Crippen LogP contribution is -2.16. The first-order valence-corrected chi connectivity index (χ1v) is 8.00. The molecule has 1 heterocycles. The molecule has 0 aliphatic rings. The molecule has 1 aromatic heterocycles. The summed E-state index contributed by atoms with van der Waals surface area (Å²) in [6.45, 7) is 4.81. The average molecular weight is 326 g/mol. The molecule has 6 nitrogen and oxygen atoms in total. The number of anilines is 1. The maximum Gasteiger partial charge on any atom is 0.225 e. The minimum atomic E-state index is -0.0820. The van der Waals surface area contributed by atoms with Gasteiger partial charge in [0.2, 0.25) is 5.91 Å². The molecule has 0 atom stereocenters. The Balaban J connectivity index is 1.77. The Kier molecular flexibility index (Phi) is 6.38. The number of nitriles is 1. The van der Waals surface area contributed by atoms with Gasteiger partial charge in [-0.3, -0.25) is 4.79 Å². The number of amides is 1. The molecular formula is C18H22N4O2. The van der Waals surface area contributed by atoms with Gasteiger partial charge in [0, 0.05) is 12.5 Å². The van der Waals surface area contributed by atoms with Crippen LogP contribution in [0.25, 0.3) is 0 Å². The van der Waals surface area contributed by atoms with Crippen molar-refractivity contribution in [2.45, 2.75) is 39.7 Å². The van der Waals surface area contributed by atoms with Gasteiger partial charge in [0.1, 0.15) is 11.6 Å². The van der Waals surface area contributed by atoms with Crippen LogP contribution in [-0.4, -0.2) is 22.3 Å². The number of nitrogens with zero attached hydrogens (tertiary/aromatic N) is 3. The van der Waals surface area contributed by atoms with Crippen LogP contribution in [-0.2, 0) is 11.3 Å². The fraction of sp³-hybridized carbons (Fsp3) is 0.389. The Labute approximate surface area is 142 Å². The Morgan fingerprint density at radius 3 is 2.92 bits per heavy atom. The van der Waals surface area contributed by atoms with Gasteiger partial charge < -0.3 is 10.1 Å². The predicted octanol–water partition coefficient (Wildman–Crippen LogP) is 3.21. The van der Waals surface area contributed by atoms with E-state index in [1.165, 1.54) is 0 Å². The standard InChI is InChI=1S/C18H22N4O2/c1-14-7-3-4-8-16(14)24-12-5-9-18(23)20-17-13-15(2)21-22(17)11-6-10-19/h3-4,7-8,13H,5-6,9,11-12H2,1-2H3,(H,20,23). The summed E-state index contributed by atoms with van der Waals surface area (Å²) in [7, 11) is 0. The van der Waals surface area contributed by atoms with E-state index < -0.39 is 0 Å². The van der Waals surface area contributed by atoms with Crippen LogP contribution in [0.4, 0.5) is 5.82 Å². The molecule has 0 saturated carbocycles. The van der Waals surface area contributed by atoms with Gasteiger partial charge in [-0.05, 0) is 31.9 Å². The lowest BCUT2D eigenvalue weighted by molar-refractivity contribution is -0.116. The first-order valence-electron chi connectivity index (χ1n) is 8.00. The number of rotatable bonds is 8. The van der Waals surface area contributed by atoms with E-state index >= 15 is 0 Å². The summed E-state index contributed by atoms with van der Waals surface area (Å²) in [6.07, 6.45) is 1.36. The smallest absolute Gasteiger partial charge is 0.225 e. The average Bonchev–Trinajstić information content (AvgIpc) is 2.90. The van der Waals surface area contributed by atoms with Crippen molar-refractivity contribution >= 4 is 11.7 Å². The number of hydrogen-bond acceptors (Lipinski definition) is 4. The molecule has 0 aliphatic carbocycles. The molecule has 0 bridgehead atoms. The Morgan fingerprint density at radius 1 is 1.38 bits per heavy atom. The SMILES string of the molecule is Cc1cc(NC(=O)CCCOc2ccccc2C)n(CCC#N)n1. The number of benzene rings is 1. The Morgan fingerprint density at radius 2 is 2.17 bits per heavy atom. The maximum absolute atomic E-state index is 12.1. The lowest BCUT2D eigenvalue weighted by atomic mass is 10.2. The zero-order chi connectivity index (χ0) is 17.4. The van der Waals surface area contributed by atoms with Crippen LogP contribution in [0, 0.1) is 25.2 Å². The molecule has 24 heavy (non-hydrogen) atoms. The van der Waals surface area contributed by atoms with E-state index in [1.807, 2.05) is 38.1 Å². The van der Waals surface area contributed by atoms with Crippen molar-refractivity contribution in [3.05, 3.63) is 41.6 Å². The Hall–Kier alpha value is -2.81. The third-order valence-corrected chi connectivity index (χ3v) is 3.50. The van der Waals surface area contributed by atoms with Crippen molar-refractivity contribution in [2.75, 3.05) is 11.9 Å². The molecule has 0 fully saturated rings. The van der Waals surface area contributed by atoms with Gasteiger partial charge in [0.05, 0.1) is 31.3 Å². The molecule has 6 heteroatoms. The van der Waals surface area contributed by atoms with E-state index in [4.69, 9.17) is 10.00 Å². The highest BCUT2D eigenvalue weighted by molar-refractivity contribution is 5.89. The number of aryl methyl sites for hydroxylation is 3. The van der Waals surface area contributed by atoms with Gasteiger partial charge in [-0.2, -0.15) is 10.4 Å². The summed E-state index contributed by atoms with van der Waals surface area (Å²) in [4.78, 5) is 12.1. The van der Waals surface area contributed by atoms with Gasteiger partial charge in [0.15, 0.2) is 0 Å². The van der Waals surface area contributed by atoms with Gasteiger partial charge >= 0.3 is 0 Å². The second-order valence-electron chi connectivity index (χ2n) is 5.57. The highest BCUT2D eigenvalue weighted by Crippen LogP contribution is 2.16.